The number of anilines is 2. The number of hydrogen-bond donors (Lipinski definition) is 1. The SMILES string of the molecule is Cc1ccccc1N1CCN(CCC(=O)Nc2nc3c(C)cccc3s2)CC1. The first-order chi connectivity index (χ1) is 13.6. The molecule has 6 heteroatoms. The lowest BCUT2D eigenvalue weighted by atomic mass is 10.1. The Balaban J connectivity index is 1.26. The number of aryl methyl sites for hydroxylation is 2. The van der Waals surface area contributed by atoms with E-state index in [0.717, 1.165) is 48.5 Å². The number of hydrogen-bond acceptors (Lipinski definition) is 5. The molecule has 4 rings (SSSR count). The zero-order valence-electron chi connectivity index (χ0n) is 16.4. The normalized spacial score (nSPS) is 15.1. The first kappa shape index (κ1) is 18.9. The van der Waals surface area contributed by atoms with E-state index in [0.29, 0.717) is 11.6 Å². The second-order valence-corrected chi connectivity index (χ2v) is 8.38. The second kappa shape index (κ2) is 8.29. The summed E-state index contributed by atoms with van der Waals surface area (Å²) in [5.74, 6) is 0.0399. The highest BCUT2D eigenvalue weighted by Crippen LogP contribution is 2.28. The molecule has 0 bridgehead atoms. The van der Waals surface area contributed by atoms with E-state index in [1.807, 2.05) is 25.1 Å². The predicted octanol–water partition coefficient (Wildman–Crippen LogP) is 4.06. The minimum Gasteiger partial charge on any atom is -0.369 e. The van der Waals surface area contributed by atoms with Crippen LogP contribution in [0.25, 0.3) is 10.2 Å². The van der Waals surface area contributed by atoms with E-state index in [1.165, 1.54) is 22.6 Å². The largest absolute Gasteiger partial charge is 0.369 e. The number of carbonyl (C=O) groups is 1. The third-order valence-corrected chi connectivity index (χ3v) is 6.29. The molecule has 0 saturated carbocycles. The highest BCUT2D eigenvalue weighted by atomic mass is 32.1. The van der Waals surface area contributed by atoms with Crippen molar-refractivity contribution in [2.24, 2.45) is 0 Å². The molecule has 1 aliphatic rings. The number of nitrogens with zero attached hydrogens (tertiary/aromatic N) is 3. The van der Waals surface area contributed by atoms with Crippen molar-refractivity contribution in [3.63, 3.8) is 0 Å². The van der Waals surface area contributed by atoms with Crippen molar-refractivity contribution in [3.05, 3.63) is 53.6 Å². The predicted molar refractivity (Wildman–Crippen MR) is 117 cm³/mol. The Bertz CT molecular complexity index is 976. The first-order valence-corrected chi connectivity index (χ1v) is 10.6. The van der Waals surface area contributed by atoms with E-state index in [2.05, 4.69) is 51.3 Å². The van der Waals surface area contributed by atoms with Crippen LogP contribution in [0.15, 0.2) is 42.5 Å². The van der Waals surface area contributed by atoms with E-state index >= 15 is 0 Å². The van der Waals surface area contributed by atoms with Crippen LogP contribution in [0.4, 0.5) is 10.8 Å². The number of fused-ring (bicyclic) bond motifs is 1. The average molecular weight is 395 g/mol. The maximum Gasteiger partial charge on any atom is 0.227 e. The fraction of sp³-hybridized carbons (Fsp3) is 0.364. The molecule has 2 aromatic carbocycles. The number of thiazole rings is 1. The van der Waals surface area contributed by atoms with E-state index in [4.69, 9.17) is 0 Å². The van der Waals surface area contributed by atoms with Crippen molar-refractivity contribution in [3.8, 4) is 0 Å². The van der Waals surface area contributed by atoms with Crippen LogP contribution in [0.3, 0.4) is 0 Å². The molecular weight excluding hydrogens is 368 g/mol. The van der Waals surface area contributed by atoms with Crippen LogP contribution >= 0.6 is 11.3 Å². The monoisotopic (exact) mass is 394 g/mol. The third kappa shape index (κ3) is 4.18. The van der Waals surface area contributed by atoms with Crippen LogP contribution in [-0.2, 0) is 4.79 Å². The van der Waals surface area contributed by atoms with Gasteiger partial charge in [-0.3, -0.25) is 9.69 Å². The minimum absolute atomic E-state index is 0.0399. The van der Waals surface area contributed by atoms with Crippen molar-refractivity contribution >= 4 is 38.3 Å². The summed E-state index contributed by atoms with van der Waals surface area (Å²) in [5.41, 5.74) is 4.77. The number of piperazine rings is 1. The van der Waals surface area contributed by atoms with Crippen LogP contribution in [0.5, 0.6) is 0 Å². The zero-order chi connectivity index (χ0) is 19.5. The fourth-order valence-electron chi connectivity index (χ4n) is 3.71. The quantitative estimate of drug-likeness (QED) is 0.709. The summed E-state index contributed by atoms with van der Waals surface area (Å²) in [6.07, 6.45) is 0.499. The van der Waals surface area contributed by atoms with Gasteiger partial charge in [0.2, 0.25) is 5.91 Å². The Morgan fingerprint density at radius 3 is 2.54 bits per heavy atom. The molecule has 3 aromatic rings. The van der Waals surface area contributed by atoms with Crippen LogP contribution in [-0.4, -0.2) is 48.5 Å². The summed E-state index contributed by atoms with van der Waals surface area (Å²) in [6, 6.07) is 14.7. The van der Waals surface area contributed by atoms with Gasteiger partial charge in [0.05, 0.1) is 10.2 Å². The number of nitrogens with one attached hydrogen (secondary N) is 1. The van der Waals surface area contributed by atoms with Crippen molar-refractivity contribution in [2.45, 2.75) is 20.3 Å². The molecule has 0 aliphatic carbocycles. The molecule has 1 aliphatic heterocycles. The van der Waals surface area contributed by atoms with Gasteiger partial charge in [0.15, 0.2) is 5.13 Å². The molecule has 28 heavy (non-hydrogen) atoms. The van der Waals surface area contributed by atoms with E-state index in [9.17, 15) is 4.79 Å². The topological polar surface area (TPSA) is 48.5 Å². The van der Waals surface area contributed by atoms with Gasteiger partial charge in [-0.25, -0.2) is 4.98 Å². The van der Waals surface area contributed by atoms with Gasteiger partial charge in [0, 0.05) is 44.8 Å². The molecule has 0 radical (unpaired) electrons. The molecule has 1 fully saturated rings. The Labute approximate surface area is 170 Å². The molecule has 1 aromatic heterocycles. The molecule has 0 spiro atoms. The first-order valence-electron chi connectivity index (χ1n) is 9.79. The Kier molecular flexibility index (Phi) is 5.59. The maximum absolute atomic E-state index is 12.4. The highest BCUT2D eigenvalue weighted by Gasteiger charge is 2.19. The maximum atomic E-state index is 12.4. The summed E-state index contributed by atoms with van der Waals surface area (Å²) in [5, 5.41) is 3.66. The number of para-hydroxylation sites is 2. The molecule has 0 unspecified atom stereocenters. The van der Waals surface area contributed by atoms with E-state index in [1.54, 1.807) is 0 Å². The van der Waals surface area contributed by atoms with Crippen LogP contribution in [0.1, 0.15) is 17.5 Å². The third-order valence-electron chi connectivity index (χ3n) is 5.35. The second-order valence-electron chi connectivity index (χ2n) is 7.35. The van der Waals surface area contributed by atoms with Gasteiger partial charge in [-0.05, 0) is 37.1 Å². The molecule has 0 atom stereocenters. The molecule has 5 nitrogen and oxygen atoms in total. The lowest BCUT2D eigenvalue weighted by molar-refractivity contribution is -0.116. The van der Waals surface area contributed by atoms with Gasteiger partial charge in [0.1, 0.15) is 0 Å². The Morgan fingerprint density at radius 1 is 1.04 bits per heavy atom. The number of carbonyl (C=O) groups excluding carboxylic acids is 1. The fourth-order valence-corrected chi connectivity index (χ4v) is 4.67. The van der Waals surface area contributed by atoms with Crippen LogP contribution in [0.2, 0.25) is 0 Å². The average Bonchev–Trinajstić information content (AvgIpc) is 3.11. The summed E-state index contributed by atoms with van der Waals surface area (Å²) >= 11 is 1.54. The summed E-state index contributed by atoms with van der Waals surface area (Å²) in [7, 11) is 0. The van der Waals surface area contributed by atoms with E-state index in [-0.39, 0.29) is 5.91 Å². The molecule has 1 amide bonds. The summed E-state index contributed by atoms with van der Waals surface area (Å²) in [6.45, 7) is 8.98. The lowest BCUT2D eigenvalue weighted by Crippen LogP contribution is -2.47. The summed E-state index contributed by atoms with van der Waals surface area (Å²) < 4.78 is 1.11. The van der Waals surface area contributed by atoms with Gasteiger partial charge in [0.25, 0.3) is 0 Å². The van der Waals surface area contributed by atoms with Crippen molar-refractivity contribution in [2.75, 3.05) is 42.9 Å². The number of aromatic nitrogens is 1. The van der Waals surface area contributed by atoms with E-state index < -0.39 is 0 Å². The number of benzene rings is 2. The van der Waals surface area contributed by atoms with Gasteiger partial charge in [-0.1, -0.05) is 41.7 Å². The molecule has 1 saturated heterocycles. The highest BCUT2D eigenvalue weighted by molar-refractivity contribution is 7.22. The Morgan fingerprint density at radius 2 is 1.79 bits per heavy atom. The summed E-state index contributed by atoms with van der Waals surface area (Å²) in [4.78, 5) is 21.7. The standard InChI is InChI=1S/C22H26N4OS/c1-16-6-3-4-8-18(16)26-14-12-25(13-15-26)11-10-20(27)23-22-24-21-17(2)7-5-9-19(21)28-22/h3-9H,10-15H2,1-2H3,(H,23,24,27). The smallest absolute Gasteiger partial charge is 0.227 e. The zero-order valence-corrected chi connectivity index (χ0v) is 17.3. The molecule has 1 N–H and O–H groups in total. The molecule has 2 heterocycles. The molecular formula is C22H26N4OS. The van der Waals surface area contributed by atoms with Crippen molar-refractivity contribution in [1.29, 1.82) is 0 Å². The minimum atomic E-state index is 0.0399. The van der Waals surface area contributed by atoms with Gasteiger partial charge >= 0.3 is 0 Å². The van der Waals surface area contributed by atoms with Gasteiger partial charge in [-0.2, -0.15) is 0 Å². The van der Waals surface area contributed by atoms with Crippen LogP contribution in [0, 0.1) is 13.8 Å². The number of rotatable bonds is 5. The number of amides is 1. The lowest BCUT2D eigenvalue weighted by Gasteiger charge is -2.36. The van der Waals surface area contributed by atoms with Gasteiger partial charge in [-0.15, -0.1) is 0 Å². The molecule has 146 valence electrons. The Hall–Kier alpha value is -2.44. The van der Waals surface area contributed by atoms with Crippen molar-refractivity contribution < 1.29 is 4.79 Å². The van der Waals surface area contributed by atoms with Crippen LogP contribution < -0.4 is 10.2 Å². The van der Waals surface area contributed by atoms with Gasteiger partial charge < -0.3 is 10.2 Å². The van der Waals surface area contributed by atoms with Crippen molar-refractivity contribution in [1.82, 2.24) is 9.88 Å².